The van der Waals surface area contributed by atoms with Crippen LogP contribution in [0.2, 0.25) is 0 Å². The predicted octanol–water partition coefficient (Wildman–Crippen LogP) is 12.4. The van der Waals surface area contributed by atoms with Crippen LogP contribution in [0.1, 0.15) is 25.0 Å². The highest BCUT2D eigenvalue weighted by Gasteiger charge is 2.37. The molecule has 0 spiro atoms. The van der Waals surface area contributed by atoms with Crippen molar-refractivity contribution in [2.45, 2.75) is 19.3 Å². The van der Waals surface area contributed by atoms with Crippen molar-refractivity contribution in [2.24, 2.45) is 0 Å². The fraction of sp³-hybridized carbons (Fsp3) is 0.0625. The highest BCUT2D eigenvalue weighted by atomic mass is 16.6. The first-order valence-electron chi connectivity index (χ1n) is 17.8. The number of hydrogen-bond acceptors (Lipinski definition) is 5. The first-order chi connectivity index (χ1) is 26.0. The van der Waals surface area contributed by atoms with Gasteiger partial charge in [-0.3, -0.25) is 0 Å². The summed E-state index contributed by atoms with van der Waals surface area (Å²) >= 11 is 0. The van der Waals surface area contributed by atoms with Gasteiger partial charge in [0.25, 0.3) is 0 Å². The highest BCUT2D eigenvalue weighted by Crippen LogP contribution is 2.56. The average molecular weight is 684 g/mol. The van der Waals surface area contributed by atoms with Crippen molar-refractivity contribution in [1.29, 1.82) is 0 Å². The third-order valence-corrected chi connectivity index (χ3v) is 10.4. The molecule has 0 fully saturated rings. The lowest BCUT2D eigenvalue weighted by Crippen LogP contribution is -2.15. The van der Waals surface area contributed by atoms with Crippen LogP contribution in [0.5, 0.6) is 23.0 Å². The summed E-state index contributed by atoms with van der Waals surface area (Å²) in [6.07, 6.45) is 0. The molecule has 0 bridgehead atoms. The first-order valence-corrected chi connectivity index (χ1v) is 17.8. The van der Waals surface area contributed by atoms with E-state index in [1.54, 1.807) is 0 Å². The van der Waals surface area contributed by atoms with Crippen LogP contribution >= 0.6 is 0 Å². The fourth-order valence-corrected chi connectivity index (χ4v) is 7.64. The smallest absolute Gasteiger partial charge is 0.177 e. The molecule has 0 amide bonds. The molecular weight excluding hydrogens is 651 g/mol. The maximum atomic E-state index is 6.71. The first kappa shape index (κ1) is 30.9. The summed E-state index contributed by atoms with van der Waals surface area (Å²) < 4.78 is 13.2. The Hall–Kier alpha value is -6.85. The van der Waals surface area contributed by atoms with Gasteiger partial charge in [-0.25, -0.2) is 15.0 Å². The maximum Gasteiger partial charge on any atom is 0.177 e. The van der Waals surface area contributed by atoms with E-state index >= 15 is 0 Å². The van der Waals surface area contributed by atoms with E-state index in [9.17, 15) is 0 Å². The largest absolute Gasteiger partial charge is 0.449 e. The van der Waals surface area contributed by atoms with Crippen molar-refractivity contribution in [3.63, 3.8) is 0 Å². The molecule has 0 saturated carbocycles. The van der Waals surface area contributed by atoms with Gasteiger partial charge in [-0.15, -0.1) is 0 Å². The van der Waals surface area contributed by atoms with Crippen molar-refractivity contribution >= 4 is 0 Å². The number of para-hydroxylation sites is 1. The Morgan fingerprint density at radius 3 is 1.66 bits per heavy atom. The lowest BCUT2D eigenvalue weighted by Gasteiger charge is -2.26. The van der Waals surface area contributed by atoms with Crippen LogP contribution in [0.3, 0.4) is 0 Å². The zero-order valence-corrected chi connectivity index (χ0v) is 29.2. The Kier molecular flexibility index (Phi) is 7.08. The van der Waals surface area contributed by atoms with Gasteiger partial charge in [0, 0.05) is 27.7 Å². The third-order valence-electron chi connectivity index (χ3n) is 10.4. The van der Waals surface area contributed by atoms with E-state index < -0.39 is 0 Å². The molecule has 0 atom stereocenters. The number of nitrogens with zero attached hydrogens (tertiary/aromatic N) is 3. The second-order valence-electron chi connectivity index (χ2n) is 14.0. The van der Waals surface area contributed by atoms with E-state index in [1.807, 2.05) is 48.5 Å². The third kappa shape index (κ3) is 5.28. The molecule has 5 heteroatoms. The van der Waals surface area contributed by atoms with E-state index in [0.717, 1.165) is 50.4 Å². The summed E-state index contributed by atoms with van der Waals surface area (Å²) in [7, 11) is 0. The molecule has 0 N–H and O–H groups in total. The van der Waals surface area contributed by atoms with Crippen LogP contribution < -0.4 is 9.47 Å². The zero-order valence-electron chi connectivity index (χ0n) is 29.2. The molecular formula is C48H33N3O2. The Balaban J connectivity index is 1.01. The second-order valence-corrected chi connectivity index (χ2v) is 14.0. The highest BCUT2D eigenvalue weighted by molar-refractivity contribution is 5.84. The van der Waals surface area contributed by atoms with Gasteiger partial charge < -0.3 is 9.47 Å². The molecule has 0 unspecified atom stereocenters. The fourth-order valence-electron chi connectivity index (χ4n) is 7.64. The van der Waals surface area contributed by atoms with Crippen molar-refractivity contribution in [1.82, 2.24) is 15.0 Å². The second kappa shape index (κ2) is 12.1. The molecule has 2 heterocycles. The van der Waals surface area contributed by atoms with Gasteiger partial charge in [0.2, 0.25) is 0 Å². The molecule has 10 rings (SSSR count). The Bertz CT molecular complexity index is 2690. The van der Waals surface area contributed by atoms with Crippen LogP contribution in [0.4, 0.5) is 0 Å². The summed E-state index contributed by atoms with van der Waals surface area (Å²) in [6, 6.07) is 56.0. The standard InChI is InChI=1S/C48H33N3O2/c1-48(2)39-21-10-9-19-37(39)38-28-42-43(29-40(38)48)53-44-36(20-12-22-41(44)52-42)31-23-25-33(26-24-31)46-49-45(32-15-7-4-8-16-32)50-47(51-46)35-18-11-17-34(27-35)30-13-5-3-6-14-30/h3-29H,1-2H3. The number of benzene rings is 7. The van der Waals surface area contributed by atoms with E-state index in [4.69, 9.17) is 24.4 Å². The Morgan fingerprint density at radius 1 is 0.358 bits per heavy atom. The van der Waals surface area contributed by atoms with E-state index in [-0.39, 0.29) is 5.41 Å². The van der Waals surface area contributed by atoms with Crippen molar-refractivity contribution in [3.8, 4) is 90.5 Å². The van der Waals surface area contributed by atoms with Gasteiger partial charge in [-0.05, 0) is 63.2 Å². The van der Waals surface area contributed by atoms with Crippen LogP contribution in [-0.4, -0.2) is 15.0 Å². The molecule has 0 radical (unpaired) electrons. The van der Waals surface area contributed by atoms with Gasteiger partial charge in [0.1, 0.15) is 0 Å². The molecule has 252 valence electrons. The van der Waals surface area contributed by atoms with E-state index in [2.05, 4.69) is 129 Å². The average Bonchev–Trinajstić information content (AvgIpc) is 3.44. The summed E-state index contributed by atoms with van der Waals surface area (Å²) in [5, 5.41) is 0. The number of aromatic nitrogens is 3. The van der Waals surface area contributed by atoms with Crippen molar-refractivity contribution in [3.05, 3.63) is 175 Å². The van der Waals surface area contributed by atoms with E-state index in [1.165, 1.54) is 22.3 Å². The van der Waals surface area contributed by atoms with Crippen LogP contribution in [-0.2, 0) is 5.41 Å². The normalized spacial score (nSPS) is 13.2. The number of hydrogen-bond donors (Lipinski definition) is 0. The monoisotopic (exact) mass is 683 g/mol. The SMILES string of the molecule is CC1(C)c2ccccc2-c2cc3c(cc21)Oc1c(cccc1-c1ccc(-c2nc(-c4ccccc4)nc(-c4cccc(-c5ccccc5)c4)n2)cc1)O3. The zero-order chi connectivity index (χ0) is 35.5. The number of rotatable bonds is 5. The molecule has 1 aliphatic carbocycles. The van der Waals surface area contributed by atoms with Gasteiger partial charge >= 0.3 is 0 Å². The molecule has 2 aliphatic rings. The molecule has 0 saturated heterocycles. The van der Waals surface area contributed by atoms with Gasteiger partial charge in [0.15, 0.2) is 40.5 Å². The lowest BCUT2D eigenvalue weighted by molar-refractivity contribution is 0.360. The van der Waals surface area contributed by atoms with Crippen LogP contribution in [0.15, 0.2) is 164 Å². The Labute approximate surface area is 308 Å². The molecule has 53 heavy (non-hydrogen) atoms. The molecule has 8 aromatic rings. The quantitative estimate of drug-likeness (QED) is 0.181. The molecule has 7 aromatic carbocycles. The Morgan fingerprint density at radius 2 is 0.906 bits per heavy atom. The molecule has 1 aliphatic heterocycles. The molecule has 5 nitrogen and oxygen atoms in total. The van der Waals surface area contributed by atoms with E-state index in [0.29, 0.717) is 29.0 Å². The topological polar surface area (TPSA) is 57.1 Å². The minimum atomic E-state index is -0.139. The van der Waals surface area contributed by atoms with Gasteiger partial charge in [-0.2, -0.15) is 0 Å². The molecule has 1 aromatic heterocycles. The number of fused-ring (bicyclic) bond motifs is 5. The van der Waals surface area contributed by atoms with Gasteiger partial charge in [-0.1, -0.05) is 153 Å². The minimum Gasteiger partial charge on any atom is -0.449 e. The summed E-state index contributed by atoms with van der Waals surface area (Å²) in [5.74, 6) is 4.69. The lowest BCUT2D eigenvalue weighted by atomic mass is 9.82. The van der Waals surface area contributed by atoms with Crippen molar-refractivity contribution < 1.29 is 9.47 Å². The summed E-state index contributed by atoms with van der Waals surface area (Å²) in [5.41, 5.74) is 11.8. The number of ether oxygens (including phenoxy) is 2. The minimum absolute atomic E-state index is 0.139. The van der Waals surface area contributed by atoms with Crippen LogP contribution in [0.25, 0.3) is 67.5 Å². The summed E-state index contributed by atoms with van der Waals surface area (Å²) in [6.45, 7) is 4.55. The maximum absolute atomic E-state index is 6.71. The van der Waals surface area contributed by atoms with Crippen molar-refractivity contribution in [2.75, 3.05) is 0 Å². The summed E-state index contributed by atoms with van der Waals surface area (Å²) in [4.78, 5) is 14.9. The van der Waals surface area contributed by atoms with Gasteiger partial charge in [0.05, 0.1) is 0 Å². The van der Waals surface area contributed by atoms with Crippen LogP contribution in [0, 0.1) is 0 Å². The predicted molar refractivity (Wildman–Crippen MR) is 211 cm³/mol.